The van der Waals surface area contributed by atoms with Crippen molar-refractivity contribution < 1.29 is 9.53 Å². The molecule has 5 nitrogen and oxygen atoms in total. The van der Waals surface area contributed by atoms with Gasteiger partial charge in [0.25, 0.3) is 0 Å². The van der Waals surface area contributed by atoms with E-state index in [4.69, 9.17) is 4.74 Å². The fourth-order valence-corrected chi connectivity index (χ4v) is 2.89. The van der Waals surface area contributed by atoms with Gasteiger partial charge in [0, 0.05) is 13.0 Å². The number of methoxy groups -OCH3 is 1. The van der Waals surface area contributed by atoms with Gasteiger partial charge in [0.05, 0.1) is 18.5 Å². The molecular formula is C20H23N3O2. The first-order valence-corrected chi connectivity index (χ1v) is 8.59. The van der Waals surface area contributed by atoms with Crippen LogP contribution in [-0.4, -0.2) is 25.5 Å². The number of carbonyl (C=O) groups is 1. The Hall–Kier alpha value is -2.82. The maximum atomic E-state index is 13.0. The summed E-state index contributed by atoms with van der Waals surface area (Å²) in [5, 5.41) is 2.95. The van der Waals surface area contributed by atoms with Crippen LogP contribution in [0.4, 0.5) is 16.2 Å². The van der Waals surface area contributed by atoms with Gasteiger partial charge < -0.3 is 10.1 Å². The minimum atomic E-state index is -0.227. The second-order valence-electron chi connectivity index (χ2n) is 5.89. The molecule has 0 unspecified atom stereocenters. The van der Waals surface area contributed by atoms with Crippen LogP contribution in [0.25, 0.3) is 0 Å². The van der Waals surface area contributed by atoms with E-state index in [1.165, 1.54) is 5.56 Å². The number of benzene rings is 2. The van der Waals surface area contributed by atoms with E-state index in [2.05, 4.69) is 17.2 Å². The number of para-hydroxylation sites is 2. The molecule has 5 heteroatoms. The molecule has 0 aromatic heterocycles. The molecule has 25 heavy (non-hydrogen) atoms. The zero-order valence-electron chi connectivity index (χ0n) is 14.7. The molecule has 1 heterocycles. The van der Waals surface area contributed by atoms with Gasteiger partial charge in [-0.25, -0.2) is 4.79 Å². The molecule has 0 bridgehead atoms. The lowest BCUT2D eigenvalue weighted by molar-refractivity contribution is 0.259. The molecule has 2 aromatic rings. The van der Waals surface area contributed by atoms with Gasteiger partial charge in [0.1, 0.15) is 11.6 Å². The van der Waals surface area contributed by atoms with Crippen molar-refractivity contribution in [2.45, 2.75) is 26.2 Å². The average molecular weight is 337 g/mol. The van der Waals surface area contributed by atoms with Crippen LogP contribution < -0.4 is 15.0 Å². The van der Waals surface area contributed by atoms with E-state index in [0.29, 0.717) is 11.4 Å². The van der Waals surface area contributed by atoms with Gasteiger partial charge >= 0.3 is 6.03 Å². The van der Waals surface area contributed by atoms with Crippen LogP contribution in [0.1, 0.15) is 25.3 Å². The topological polar surface area (TPSA) is 53.9 Å². The quantitative estimate of drug-likeness (QED) is 0.894. The first kappa shape index (κ1) is 17.0. The second-order valence-corrected chi connectivity index (χ2v) is 5.89. The summed E-state index contributed by atoms with van der Waals surface area (Å²) in [6.45, 7) is 2.88. The average Bonchev–Trinajstić information content (AvgIpc) is 3.17. The predicted octanol–water partition coefficient (Wildman–Crippen LogP) is 4.49. The number of ether oxygens (including phenoxy) is 1. The van der Waals surface area contributed by atoms with E-state index in [1.807, 2.05) is 48.5 Å². The highest BCUT2D eigenvalue weighted by atomic mass is 16.5. The van der Waals surface area contributed by atoms with E-state index >= 15 is 0 Å². The molecule has 0 saturated heterocycles. The van der Waals surface area contributed by atoms with Crippen molar-refractivity contribution in [3.05, 3.63) is 54.1 Å². The molecule has 3 rings (SSSR count). The Morgan fingerprint density at radius 3 is 2.60 bits per heavy atom. The monoisotopic (exact) mass is 337 g/mol. The summed E-state index contributed by atoms with van der Waals surface area (Å²) in [5.74, 6) is 1.43. The predicted molar refractivity (Wildman–Crippen MR) is 102 cm³/mol. The molecular weight excluding hydrogens is 314 g/mol. The normalized spacial score (nSPS) is 13.3. The molecule has 0 radical (unpaired) electrons. The van der Waals surface area contributed by atoms with Crippen LogP contribution in [0.2, 0.25) is 0 Å². The van der Waals surface area contributed by atoms with Crippen molar-refractivity contribution >= 4 is 23.2 Å². The van der Waals surface area contributed by atoms with Crippen molar-refractivity contribution in [2.75, 3.05) is 23.9 Å². The van der Waals surface area contributed by atoms with Crippen LogP contribution >= 0.6 is 0 Å². The van der Waals surface area contributed by atoms with Gasteiger partial charge in [-0.2, -0.15) is 0 Å². The molecule has 0 atom stereocenters. The number of amides is 2. The lowest BCUT2D eigenvalue weighted by Gasteiger charge is -2.24. The summed E-state index contributed by atoms with van der Waals surface area (Å²) >= 11 is 0. The number of aliphatic imine (C=N–C) groups is 1. The summed E-state index contributed by atoms with van der Waals surface area (Å²) < 4.78 is 5.32. The maximum Gasteiger partial charge on any atom is 0.331 e. The Morgan fingerprint density at radius 2 is 1.96 bits per heavy atom. The van der Waals surface area contributed by atoms with Crippen LogP contribution in [-0.2, 0) is 6.42 Å². The SMILES string of the molecule is CCc1ccc(N(C(=O)Nc2ccccc2OC)C2=NCCC2)cc1. The smallest absolute Gasteiger partial charge is 0.331 e. The molecule has 1 aliphatic rings. The molecule has 0 fully saturated rings. The maximum absolute atomic E-state index is 13.0. The van der Waals surface area contributed by atoms with Gasteiger partial charge in [0.2, 0.25) is 0 Å². The first-order valence-electron chi connectivity index (χ1n) is 8.59. The lowest BCUT2D eigenvalue weighted by atomic mass is 10.1. The summed E-state index contributed by atoms with van der Waals surface area (Å²) in [6.07, 6.45) is 2.74. The third-order valence-electron chi connectivity index (χ3n) is 4.27. The number of nitrogens with zero attached hydrogens (tertiary/aromatic N) is 2. The number of carbonyl (C=O) groups excluding carboxylic acids is 1. The van der Waals surface area contributed by atoms with E-state index in [1.54, 1.807) is 12.0 Å². The fourth-order valence-electron chi connectivity index (χ4n) is 2.89. The highest BCUT2D eigenvalue weighted by Gasteiger charge is 2.24. The minimum absolute atomic E-state index is 0.227. The summed E-state index contributed by atoms with van der Waals surface area (Å²) in [6, 6.07) is 15.2. The minimum Gasteiger partial charge on any atom is -0.495 e. The third kappa shape index (κ3) is 3.82. The number of rotatable bonds is 4. The first-order chi connectivity index (χ1) is 12.2. The Bertz CT molecular complexity index is 769. The van der Waals surface area contributed by atoms with Gasteiger partial charge in [-0.3, -0.25) is 9.89 Å². The highest BCUT2D eigenvalue weighted by molar-refractivity contribution is 6.20. The number of hydrogen-bond acceptors (Lipinski definition) is 3. The standard InChI is InChI=1S/C20H23N3O2/c1-3-15-10-12-16(13-11-15)23(19-9-6-14-21-19)20(24)22-17-7-4-5-8-18(17)25-2/h4-5,7-8,10-13H,3,6,9,14H2,1-2H3,(H,22,24). The Morgan fingerprint density at radius 1 is 1.20 bits per heavy atom. The van der Waals surface area contributed by atoms with Crippen LogP contribution in [0.3, 0.4) is 0 Å². The van der Waals surface area contributed by atoms with Crippen molar-refractivity contribution in [3.8, 4) is 5.75 Å². The number of amidine groups is 1. The molecule has 1 N–H and O–H groups in total. The van der Waals surface area contributed by atoms with E-state index in [9.17, 15) is 4.79 Å². The van der Waals surface area contributed by atoms with Crippen molar-refractivity contribution in [1.82, 2.24) is 0 Å². The molecule has 0 saturated carbocycles. The van der Waals surface area contributed by atoms with Crippen molar-refractivity contribution in [3.63, 3.8) is 0 Å². The molecule has 130 valence electrons. The number of nitrogens with one attached hydrogen (secondary N) is 1. The van der Waals surface area contributed by atoms with Gasteiger partial charge in [-0.1, -0.05) is 31.2 Å². The highest BCUT2D eigenvalue weighted by Crippen LogP contribution is 2.26. The van der Waals surface area contributed by atoms with Gasteiger partial charge in [0.15, 0.2) is 0 Å². The largest absolute Gasteiger partial charge is 0.495 e. The molecule has 2 amide bonds. The zero-order valence-corrected chi connectivity index (χ0v) is 14.7. The van der Waals surface area contributed by atoms with Crippen LogP contribution in [0.5, 0.6) is 5.75 Å². The van der Waals surface area contributed by atoms with E-state index in [-0.39, 0.29) is 6.03 Å². The summed E-state index contributed by atoms with van der Waals surface area (Å²) in [4.78, 5) is 19.2. The Kier molecular flexibility index (Phi) is 5.33. The second kappa shape index (κ2) is 7.83. The van der Waals surface area contributed by atoms with Gasteiger partial charge in [-0.15, -0.1) is 0 Å². The molecule has 2 aromatic carbocycles. The third-order valence-corrected chi connectivity index (χ3v) is 4.27. The zero-order chi connectivity index (χ0) is 17.6. The molecule has 1 aliphatic heterocycles. The van der Waals surface area contributed by atoms with Crippen LogP contribution in [0.15, 0.2) is 53.5 Å². The Labute approximate surface area is 148 Å². The number of aryl methyl sites for hydroxylation is 1. The summed E-state index contributed by atoms with van der Waals surface area (Å²) in [7, 11) is 1.59. The van der Waals surface area contributed by atoms with Crippen LogP contribution in [0, 0.1) is 0 Å². The van der Waals surface area contributed by atoms with Crippen molar-refractivity contribution in [1.29, 1.82) is 0 Å². The van der Waals surface area contributed by atoms with E-state index < -0.39 is 0 Å². The summed E-state index contributed by atoms with van der Waals surface area (Å²) in [5.41, 5.74) is 2.70. The molecule has 0 aliphatic carbocycles. The number of urea groups is 1. The number of anilines is 2. The van der Waals surface area contributed by atoms with Crippen molar-refractivity contribution in [2.24, 2.45) is 4.99 Å². The fraction of sp³-hybridized carbons (Fsp3) is 0.300. The molecule has 0 spiro atoms. The number of hydrogen-bond donors (Lipinski definition) is 1. The lowest BCUT2D eigenvalue weighted by Crippen LogP contribution is -2.39. The Balaban J connectivity index is 1.89. The van der Waals surface area contributed by atoms with Gasteiger partial charge in [-0.05, 0) is 42.7 Å². The van der Waals surface area contributed by atoms with E-state index in [0.717, 1.165) is 37.3 Å².